The van der Waals surface area contributed by atoms with Gasteiger partial charge in [0.2, 0.25) is 0 Å². The molecular formula is C14H14BrN3O. The predicted octanol–water partition coefficient (Wildman–Crippen LogP) is 3.30. The second-order valence-electron chi connectivity index (χ2n) is 4.19. The molecule has 0 aliphatic carbocycles. The molecule has 1 heterocycles. The summed E-state index contributed by atoms with van der Waals surface area (Å²) in [7, 11) is 0. The Morgan fingerprint density at radius 3 is 2.74 bits per heavy atom. The minimum atomic E-state index is 0.159. The number of hydrogen-bond donors (Lipinski definition) is 1. The van der Waals surface area contributed by atoms with Gasteiger partial charge in [-0.15, -0.1) is 10.2 Å². The third kappa shape index (κ3) is 4.13. The highest BCUT2D eigenvalue weighted by atomic mass is 79.9. The average molecular weight is 320 g/mol. The van der Waals surface area contributed by atoms with Crippen molar-refractivity contribution in [2.75, 3.05) is 11.9 Å². The van der Waals surface area contributed by atoms with E-state index in [1.165, 1.54) is 0 Å². The maximum absolute atomic E-state index is 10.8. The number of rotatable bonds is 5. The summed E-state index contributed by atoms with van der Waals surface area (Å²) in [5, 5.41) is 11.3. The molecule has 0 atom stereocenters. The van der Waals surface area contributed by atoms with Crippen LogP contribution in [-0.2, 0) is 4.79 Å². The lowest BCUT2D eigenvalue weighted by Crippen LogP contribution is -2.07. The second kappa shape index (κ2) is 6.43. The minimum Gasteiger partial charge on any atom is -0.368 e. The van der Waals surface area contributed by atoms with Crippen molar-refractivity contribution in [3.8, 4) is 11.3 Å². The van der Waals surface area contributed by atoms with Crippen LogP contribution in [0.2, 0.25) is 0 Å². The molecule has 1 N–H and O–H groups in total. The van der Waals surface area contributed by atoms with Crippen LogP contribution in [0.4, 0.5) is 5.82 Å². The summed E-state index contributed by atoms with van der Waals surface area (Å²) in [5.41, 5.74) is 1.83. The van der Waals surface area contributed by atoms with E-state index in [1.807, 2.05) is 36.4 Å². The van der Waals surface area contributed by atoms with Crippen LogP contribution in [-0.4, -0.2) is 22.5 Å². The van der Waals surface area contributed by atoms with Crippen LogP contribution in [0.15, 0.2) is 40.9 Å². The van der Waals surface area contributed by atoms with Gasteiger partial charge in [-0.3, -0.25) is 4.79 Å². The minimum absolute atomic E-state index is 0.159. The zero-order chi connectivity index (χ0) is 13.7. The van der Waals surface area contributed by atoms with Crippen LogP contribution >= 0.6 is 15.9 Å². The first-order chi connectivity index (χ1) is 9.15. The number of anilines is 1. The Balaban J connectivity index is 2.04. The SMILES string of the molecule is CC(=O)CCNc1ccc(-c2cccc(Br)c2)nn1. The highest BCUT2D eigenvalue weighted by Crippen LogP contribution is 2.21. The molecule has 0 fully saturated rings. The number of nitrogens with one attached hydrogen (secondary N) is 1. The van der Waals surface area contributed by atoms with Gasteiger partial charge in [-0.1, -0.05) is 28.1 Å². The molecular weight excluding hydrogens is 306 g/mol. The maximum Gasteiger partial charge on any atom is 0.148 e. The van der Waals surface area contributed by atoms with Crippen LogP contribution in [0.5, 0.6) is 0 Å². The van der Waals surface area contributed by atoms with Crippen LogP contribution in [0.1, 0.15) is 13.3 Å². The summed E-state index contributed by atoms with van der Waals surface area (Å²) in [6.45, 7) is 2.16. The monoisotopic (exact) mass is 319 g/mol. The zero-order valence-corrected chi connectivity index (χ0v) is 12.1. The summed E-state index contributed by atoms with van der Waals surface area (Å²) in [4.78, 5) is 10.8. The van der Waals surface area contributed by atoms with Crippen LogP contribution in [0, 0.1) is 0 Å². The Kier molecular flexibility index (Phi) is 4.63. The largest absolute Gasteiger partial charge is 0.368 e. The predicted molar refractivity (Wildman–Crippen MR) is 79.0 cm³/mol. The van der Waals surface area contributed by atoms with Gasteiger partial charge in [0.1, 0.15) is 11.6 Å². The van der Waals surface area contributed by atoms with Gasteiger partial charge in [0.15, 0.2) is 0 Å². The number of ketones is 1. The van der Waals surface area contributed by atoms with E-state index in [0.717, 1.165) is 15.7 Å². The Morgan fingerprint density at radius 1 is 1.26 bits per heavy atom. The van der Waals surface area contributed by atoms with Crippen LogP contribution < -0.4 is 5.32 Å². The summed E-state index contributed by atoms with van der Waals surface area (Å²) >= 11 is 3.43. The average Bonchev–Trinajstić information content (AvgIpc) is 2.39. The molecule has 0 radical (unpaired) electrons. The quantitative estimate of drug-likeness (QED) is 0.918. The number of benzene rings is 1. The topological polar surface area (TPSA) is 54.9 Å². The van der Waals surface area contributed by atoms with E-state index in [4.69, 9.17) is 0 Å². The Labute approximate surface area is 120 Å². The zero-order valence-electron chi connectivity index (χ0n) is 10.6. The first-order valence-corrected chi connectivity index (χ1v) is 6.77. The molecule has 1 aromatic carbocycles. The van der Waals surface area contributed by atoms with Crippen molar-refractivity contribution in [2.24, 2.45) is 0 Å². The molecule has 2 rings (SSSR count). The number of carbonyl (C=O) groups is 1. The number of nitrogens with zero attached hydrogens (tertiary/aromatic N) is 2. The summed E-state index contributed by atoms with van der Waals surface area (Å²) in [5.74, 6) is 0.839. The standard InChI is InChI=1S/C14H14BrN3O/c1-10(19)7-8-16-14-6-5-13(17-18-14)11-3-2-4-12(15)9-11/h2-6,9H,7-8H2,1H3,(H,16,18). The maximum atomic E-state index is 10.8. The summed E-state index contributed by atoms with van der Waals surface area (Å²) in [6, 6.07) is 11.7. The van der Waals surface area contributed by atoms with Gasteiger partial charge in [-0.2, -0.15) is 0 Å². The molecule has 1 aromatic heterocycles. The molecule has 98 valence electrons. The van der Waals surface area contributed by atoms with Crippen LogP contribution in [0.25, 0.3) is 11.3 Å². The fourth-order valence-corrected chi connectivity index (χ4v) is 1.99. The number of hydrogen-bond acceptors (Lipinski definition) is 4. The molecule has 19 heavy (non-hydrogen) atoms. The van der Waals surface area contributed by atoms with Gasteiger partial charge < -0.3 is 5.32 Å². The van der Waals surface area contributed by atoms with E-state index >= 15 is 0 Å². The Hall–Kier alpha value is -1.75. The molecule has 0 spiro atoms. The summed E-state index contributed by atoms with van der Waals surface area (Å²) in [6.07, 6.45) is 0.495. The Bertz CT molecular complexity index is 569. The van der Waals surface area contributed by atoms with Gasteiger partial charge in [-0.25, -0.2) is 0 Å². The molecule has 4 nitrogen and oxygen atoms in total. The molecule has 5 heteroatoms. The first kappa shape index (κ1) is 13.7. The molecule has 0 saturated heterocycles. The molecule has 0 aliphatic heterocycles. The molecule has 2 aromatic rings. The van der Waals surface area contributed by atoms with Crippen molar-refractivity contribution >= 4 is 27.5 Å². The number of aromatic nitrogens is 2. The van der Waals surface area contributed by atoms with Gasteiger partial charge in [0.05, 0.1) is 5.69 Å². The lowest BCUT2D eigenvalue weighted by atomic mass is 10.1. The molecule has 0 unspecified atom stereocenters. The van der Waals surface area contributed by atoms with Gasteiger partial charge in [0, 0.05) is 23.0 Å². The second-order valence-corrected chi connectivity index (χ2v) is 5.11. The number of carbonyl (C=O) groups excluding carboxylic acids is 1. The van der Waals surface area contributed by atoms with E-state index in [0.29, 0.717) is 18.8 Å². The van der Waals surface area contributed by atoms with Gasteiger partial charge in [0.25, 0.3) is 0 Å². The lowest BCUT2D eigenvalue weighted by molar-refractivity contribution is -0.116. The van der Waals surface area contributed by atoms with E-state index in [1.54, 1.807) is 6.92 Å². The van der Waals surface area contributed by atoms with Crippen molar-refractivity contribution in [1.29, 1.82) is 0 Å². The summed E-state index contributed by atoms with van der Waals surface area (Å²) < 4.78 is 1.01. The molecule has 0 saturated carbocycles. The van der Waals surface area contributed by atoms with Crippen molar-refractivity contribution in [3.63, 3.8) is 0 Å². The van der Waals surface area contributed by atoms with Crippen molar-refractivity contribution in [2.45, 2.75) is 13.3 Å². The van der Waals surface area contributed by atoms with Gasteiger partial charge in [-0.05, 0) is 31.2 Å². The van der Waals surface area contributed by atoms with E-state index < -0.39 is 0 Å². The van der Waals surface area contributed by atoms with Crippen molar-refractivity contribution in [3.05, 3.63) is 40.9 Å². The molecule has 0 amide bonds. The highest BCUT2D eigenvalue weighted by Gasteiger charge is 2.02. The Morgan fingerprint density at radius 2 is 2.11 bits per heavy atom. The van der Waals surface area contributed by atoms with Crippen molar-refractivity contribution < 1.29 is 4.79 Å². The number of halogens is 1. The fraction of sp³-hybridized carbons (Fsp3) is 0.214. The first-order valence-electron chi connectivity index (χ1n) is 5.98. The fourth-order valence-electron chi connectivity index (χ4n) is 1.59. The van der Waals surface area contributed by atoms with Gasteiger partial charge >= 0.3 is 0 Å². The van der Waals surface area contributed by atoms with E-state index in [9.17, 15) is 4.79 Å². The number of Topliss-reactive ketones (excluding diaryl/α,β-unsaturated/α-hetero) is 1. The highest BCUT2D eigenvalue weighted by molar-refractivity contribution is 9.10. The normalized spacial score (nSPS) is 10.2. The van der Waals surface area contributed by atoms with E-state index in [2.05, 4.69) is 31.4 Å². The molecule has 0 bridgehead atoms. The van der Waals surface area contributed by atoms with E-state index in [-0.39, 0.29) is 5.78 Å². The lowest BCUT2D eigenvalue weighted by Gasteiger charge is -2.05. The molecule has 0 aliphatic rings. The third-order valence-electron chi connectivity index (χ3n) is 2.57. The van der Waals surface area contributed by atoms with Crippen LogP contribution in [0.3, 0.4) is 0 Å². The third-order valence-corrected chi connectivity index (χ3v) is 3.06. The van der Waals surface area contributed by atoms with Crippen molar-refractivity contribution in [1.82, 2.24) is 10.2 Å². The smallest absolute Gasteiger partial charge is 0.148 e.